The number of β-lactam (4-membered cyclic amide) rings is 1. The molecule has 0 radical (unpaired) electrons. The molecule has 2 N–H and O–H groups in total. The van der Waals surface area contributed by atoms with Gasteiger partial charge in [0.05, 0.1) is 29.5 Å². The number of thiazole rings is 1. The van der Waals surface area contributed by atoms with E-state index in [0.29, 0.717) is 15.3 Å². The molecule has 0 aromatic carbocycles. The smallest absolute Gasteiger partial charge is 0.477 e. The molecule has 14 heteroatoms. The predicted molar refractivity (Wildman–Crippen MR) is 139 cm³/mol. The minimum atomic E-state index is -3.65. The maximum atomic E-state index is 13.0. The summed E-state index contributed by atoms with van der Waals surface area (Å²) in [5, 5.41) is 20.5. The molecule has 1 saturated carbocycles. The first-order valence-corrected chi connectivity index (χ1v) is 15.5. The van der Waals surface area contributed by atoms with E-state index in [2.05, 4.69) is 4.98 Å². The summed E-state index contributed by atoms with van der Waals surface area (Å²) in [4.78, 5) is 43.9. The Balaban J connectivity index is 1.50. The number of amides is 1. The molecule has 1 saturated heterocycles. The van der Waals surface area contributed by atoms with E-state index < -0.39 is 51.3 Å². The van der Waals surface area contributed by atoms with Gasteiger partial charge in [-0.05, 0) is 39.0 Å². The van der Waals surface area contributed by atoms with Crippen LogP contribution in [0.5, 0.6) is 0 Å². The Kier molecular flexibility index (Phi) is 7.00. The van der Waals surface area contributed by atoms with Gasteiger partial charge in [-0.2, -0.15) is 0 Å². The Morgan fingerprint density at radius 2 is 1.97 bits per heavy atom. The summed E-state index contributed by atoms with van der Waals surface area (Å²) in [6, 6.07) is -0.696. The highest BCUT2D eigenvalue weighted by Crippen LogP contribution is 2.60. The number of carbonyl (C=O) groups is 3. The number of carbonyl (C=O) groups excluding carboxylic acids is 2. The van der Waals surface area contributed by atoms with Crippen LogP contribution in [-0.4, -0.2) is 82.1 Å². The van der Waals surface area contributed by atoms with Crippen molar-refractivity contribution < 1.29 is 42.5 Å². The summed E-state index contributed by atoms with van der Waals surface area (Å²) < 4.78 is 36.8. The molecular weight excluding hydrogens is 550 g/mol. The lowest BCUT2D eigenvalue weighted by Crippen LogP contribution is -2.66. The summed E-state index contributed by atoms with van der Waals surface area (Å²) in [6.07, 6.45) is 6.73. The van der Waals surface area contributed by atoms with E-state index in [1.807, 2.05) is 0 Å². The molecule has 0 spiro atoms. The number of imidazole rings is 1. The van der Waals surface area contributed by atoms with Crippen LogP contribution in [0.1, 0.15) is 57.2 Å². The topological polar surface area (TPSA) is 165 Å². The molecule has 5 rings (SSSR count). The van der Waals surface area contributed by atoms with E-state index in [4.69, 9.17) is 9.47 Å². The van der Waals surface area contributed by atoms with Crippen molar-refractivity contribution in [2.45, 2.75) is 75.6 Å². The Bertz CT molecular complexity index is 1470. The zero-order chi connectivity index (χ0) is 28.3. The number of aromatic nitrogens is 2. The van der Waals surface area contributed by atoms with E-state index in [9.17, 15) is 33.0 Å². The van der Waals surface area contributed by atoms with Crippen molar-refractivity contribution in [2.75, 3.05) is 12.9 Å². The van der Waals surface area contributed by atoms with Crippen LogP contribution < -0.4 is 0 Å². The van der Waals surface area contributed by atoms with Gasteiger partial charge in [0.2, 0.25) is 5.91 Å². The second-order valence-electron chi connectivity index (χ2n) is 10.7. The number of carboxylic acids is 1. The standard InChI is InChI=1S/C25H31N3O9S2/c1-13(29)16-19-25(2,9-10-36-24(33)37-14-7-5-4-6-8-14)17(18(23(31)32)28(19)21(16)30)15-11-27-12-26-20(22(27)38-15)39(3,34)35/h11-14,16,19,29H,4-10H2,1-3H3,(H,31,32)/t13-,16-,19-,25?/m1/s1. The Hall–Kier alpha value is -2.97. The Labute approximate surface area is 229 Å². The molecule has 4 heterocycles. The minimum Gasteiger partial charge on any atom is -0.477 e. The van der Waals surface area contributed by atoms with E-state index in [1.165, 1.54) is 22.6 Å². The first-order valence-electron chi connectivity index (χ1n) is 12.8. The van der Waals surface area contributed by atoms with Gasteiger partial charge in [-0.25, -0.2) is 23.0 Å². The molecule has 4 atom stereocenters. The third-order valence-corrected chi connectivity index (χ3v) is 10.3. The number of ether oxygens (including phenoxy) is 2. The van der Waals surface area contributed by atoms with Gasteiger partial charge < -0.3 is 24.6 Å². The van der Waals surface area contributed by atoms with Gasteiger partial charge in [0.25, 0.3) is 0 Å². The first kappa shape index (κ1) is 27.6. The first-order chi connectivity index (χ1) is 18.3. The number of aliphatic hydroxyl groups is 1. The molecule has 1 amide bonds. The van der Waals surface area contributed by atoms with Gasteiger partial charge in [0, 0.05) is 23.4 Å². The summed E-state index contributed by atoms with van der Waals surface area (Å²) in [7, 11) is -3.65. The molecule has 12 nitrogen and oxygen atoms in total. The fourth-order valence-corrected chi connectivity index (χ4v) is 8.57. The highest BCUT2D eigenvalue weighted by Gasteiger charge is 2.66. The lowest BCUT2D eigenvalue weighted by atomic mass is 9.66. The molecule has 1 unspecified atom stereocenters. The number of carboxylic acid groups (broad SMARTS) is 1. The zero-order valence-corrected chi connectivity index (χ0v) is 23.5. The number of hydrogen-bond acceptors (Lipinski definition) is 10. The summed E-state index contributed by atoms with van der Waals surface area (Å²) in [6.45, 7) is 3.15. The number of aliphatic carboxylic acids is 1. The van der Waals surface area contributed by atoms with Crippen LogP contribution in [0.2, 0.25) is 0 Å². The third kappa shape index (κ3) is 4.61. The van der Waals surface area contributed by atoms with Crippen molar-refractivity contribution >= 4 is 49.6 Å². The number of rotatable bonds is 8. The van der Waals surface area contributed by atoms with Crippen molar-refractivity contribution in [2.24, 2.45) is 11.3 Å². The number of fused-ring (bicyclic) bond motifs is 2. The van der Waals surface area contributed by atoms with Crippen LogP contribution >= 0.6 is 11.3 Å². The number of nitrogens with zero attached hydrogens (tertiary/aromatic N) is 3. The van der Waals surface area contributed by atoms with Crippen molar-refractivity contribution in [1.29, 1.82) is 0 Å². The van der Waals surface area contributed by atoms with E-state index in [1.54, 1.807) is 13.1 Å². The van der Waals surface area contributed by atoms with E-state index in [-0.39, 0.29) is 29.9 Å². The van der Waals surface area contributed by atoms with Gasteiger partial charge in [0.1, 0.15) is 23.0 Å². The Morgan fingerprint density at radius 3 is 2.59 bits per heavy atom. The van der Waals surface area contributed by atoms with Crippen LogP contribution in [-0.2, 0) is 28.9 Å². The average molecular weight is 582 g/mol. The van der Waals surface area contributed by atoms with Crippen molar-refractivity contribution in [3.63, 3.8) is 0 Å². The monoisotopic (exact) mass is 581 g/mol. The van der Waals surface area contributed by atoms with E-state index in [0.717, 1.165) is 49.7 Å². The molecule has 1 aliphatic carbocycles. The van der Waals surface area contributed by atoms with E-state index >= 15 is 0 Å². The second-order valence-corrected chi connectivity index (χ2v) is 13.7. The van der Waals surface area contributed by atoms with Crippen LogP contribution in [0.4, 0.5) is 4.79 Å². The summed E-state index contributed by atoms with van der Waals surface area (Å²) in [5.74, 6) is -2.68. The SMILES string of the molecule is C[C@@H](O)[C@H]1C(=O)N2C(C(=O)O)=C(c3cn4cnc(S(C)(=O)=O)c4s3)C(C)(CCOC(=O)OC3CCCCC3)[C@@H]12. The van der Waals surface area contributed by atoms with Gasteiger partial charge in [-0.3, -0.25) is 9.20 Å². The highest BCUT2D eigenvalue weighted by atomic mass is 32.2. The van der Waals surface area contributed by atoms with Crippen LogP contribution in [0.3, 0.4) is 0 Å². The largest absolute Gasteiger partial charge is 0.508 e. The van der Waals surface area contributed by atoms with Crippen molar-refractivity contribution in [3.8, 4) is 0 Å². The van der Waals surface area contributed by atoms with Gasteiger partial charge in [0.15, 0.2) is 14.9 Å². The molecule has 212 valence electrons. The molecule has 2 aromatic heterocycles. The van der Waals surface area contributed by atoms with Gasteiger partial charge in [-0.1, -0.05) is 13.3 Å². The molecular formula is C25H31N3O9S2. The summed E-state index contributed by atoms with van der Waals surface area (Å²) >= 11 is 1.05. The predicted octanol–water partition coefficient (Wildman–Crippen LogP) is 2.70. The molecule has 39 heavy (non-hydrogen) atoms. The lowest BCUT2D eigenvalue weighted by molar-refractivity contribution is -0.167. The quantitative estimate of drug-likeness (QED) is 0.350. The fraction of sp³-hybridized carbons (Fsp3) is 0.600. The van der Waals surface area contributed by atoms with Crippen LogP contribution in [0.25, 0.3) is 10.4 Å². The van der Waals surface area contributed by atoms with Gasteiger partial charge in [-0.15, -0.1) is 11.3 Å². The minimum absolute atomic E-state index is 0.107. The van der Waals surface area contributed by atoms with Gasteiger partial charge >= 0.3 is 12.1 Å². The third-order valence-electron chi connectivity index (χ3n) is 8.00. The van der Waals surface area contributed by atoms with Crippen LogP contribution in [0, 0.1) is 11.3 Å². The molecule has 2 aliphatic heterocycles. The molecule has 3 aliphatic rings. The lowest BCUT2D eigenvalue weighted by Gasteiger charge is -2.50. The normalized spacial score (nSPS) is 26.5. The Morgan fingerprint density at radius 1 is 1.28 bits per heavy atom. The maximum Gasteiger partial charge on any atom is 0.508 e. The maximum absolute atomic E-state index is 13.0. The highest BCUT2D eigenvalue weighted by molar-refractivity contribution is 7.91. The molecule has 2 aromatic rings. The van der Waals surface area contributed by atoms with Crippen LogP contribution in [0.15, 0.2) is 23.2 Å². The molecule has 2 fully saturated rings. The van der Waals surface area contributed by atoms with Crippen molar-refractivity contribution in [1.82, 2.24) is 14.3 Å². The summed E-state index contributed by atoms with van der Waals surface area (Å²) in [5.41, 5.74) is -0.961. The fourth-order valence-electron chi connectivity index (χ4n) is 6.18. The second kappa shape index (κ2) is 9.89. The number of hydrogen-bond donors (Lipinski definition) is 2. The molecule has 0 bridgehead atoms. The number of aliphatic hydroxyl groups excluding tert-OH is 1. The average Bonchev–Trinajstić information content (AvgIpc) is 3.47. The zero-order valence-electron chi connectivity index (χ0n) is 21.8. The van der Waals surface area contributed by atoms with Crippen molar-refractivity contribution in [3.05, 3.63) is 23.1 Å². The number of sulfone groups is 1.